The Morgan fingerprint density at radius 3 is 2.55 bits per heavy atom. The van der Waals surface area contributed by atoms with Gasteiger partial charge in [-0.15, -0.1) is 0 Å². The number of hydrogen-bond acceptors (Lipinski definition) is 6. The first-order valence-corrected chi connectivity index (χ1v) is 9.16. The molecule has 0 radical (unpaired) electrons. The molecule has 0 aliphatic carbocycles. The Morgan fingerprint density at radius 2 is 1.86 bits per heavy atom. The van der Waals surface area contributed by atoms with Crippen molar-refractivity contribution in [3.8, 4) is 11.3 Å². The summed E-state index contributed by atoms with van der Waals surface area (Å²) in [5, 5.41) is 2.93. The summed E-state index contributed by atoms with van der Waals surface area (Å²) >= 11 is 5.71. The van der Waals surface area contributed by atoms with Crippen LogP contribution in [-0.2, 0) is 0 Å². The average molecular weight is 416 g/mol. The number of benzene rings is 1. The maximum atomic E-state index is 15.1. The Hall–Kier alpha value is -3.20. The fourth-order valence-corrected chi connectivity index (χ4v) is 3.31. The van der Waals surface area contributed by atoms with Gasteiger partial charge in [-0.1, -0.05) is 11.6 Å². The van der Waals surface area contributed by atoms with Gasteiger partial charge in [-0.05, 0) is 32.9 Å². The largest absolute Gasteiger partial charge is 0.326 e. The predicted octanol–water partition coefficient (Wildman–Crippen LogP) is 4.85. The molecule has 3 aromatic heterocycles. The lowest BCUT2D eigenvalue weighted by Crippen LogP contribution is -2.04. The number of imidazole rings is 1. The maximum Gasteiger partial charge on any atom is 0.192 e. The van der Waals surface area contributed by atoms with Crippen LogP contribution in [0.3, 0.4) is 0 Å². The summed E-state index contributed by atoms with van der Waals surface area (Å²) in [6.07, 6.45) is 3.86. The topological polar surface area (TPSA) is 81.4 Å². The standard InChI is InChI=1S/C19H16ClF2N7/c1-9(2)29-10(3)27-18-12(21)4-11(5-13(18)29)17-16(22)19(26-8-25-17)28-15-7-23-14(20)6-24-15/h4-9H,1-3H3,(H,24,25,26,28). The number of fused-ring (bicyclic) bond motifs is 1. The molecule has 0 saturated heterocycles. The molecule has 0 aliphatic rings. The summed E-state index contributed by atoms with van der Waals surface area (Å²) < 4.78 is 31.7. The second kappa shape index (κ2) is 7.32. The van der Waals surface area contributed by atoms with Crippen molar-refractivity contribution in [3.63, 3.8) is 0 Å². The Morgan fingerprint density at radius 1 is 1.07 bits per heavy atom. The minimum Gasteiger partial charge on any atom is -0.326 e. The first kappa shape index (κ1) is 19.1. The molecule has 4 aromatic rings. The molecule has 1 aromatic carbocycles. The highest BCUT2D eigenvalue weighted by atomic mass is 35.5. The number of halogens is 3. The second-order valence-corrected chi connectivity index (χ2v) is 7.07. The summed E-state index contributed by atoms with van der Waals surface area (Å²) in [5.41, 5.74) is 1.05. The third-order valence-corrected chi connectivity index (χ3v) is 4.57. The lowest BCUT2D eigenvalue weighted by molar-refractivity contribution is 0.600. The van der Waals surface area contributed by atoms with Crippen molar-refractivity contribution in [2.24, 2.45) is 0 Å². The van der Waals surface area contributed by atoms with Gasteiger partial charge < -0.3 is 9.88 Å². The van der Waals surface area contributed by atoms with E-state index in [0.717, 1.165) is 0 Å². The van der Waals surface area contributed by atoms with Crippen LogP contribution >= 0.6 is 11.6 Å². The van der Waals surface area contributed by atoms with Gasteiger partial charge >= 0.3 is 0 Å². The molecule has 29 heavy (non-hydrogen) atoms. The molecule has 0 atom stereocenters. The van der Waals surface area contributed by atoms with Gasteiger partial charge in [-0.25, -0.2) is 33.7 Å². The molecule has 0 aliphatic heterocycles. The molecule has 0 spiro atoms. The van der Waals surface area contributed by atoms with Crippen molar-refractivity contribution in [2.75, 3.05) is 5.32 Å². The molecule has 0 fully saturated rings. The van der Waals surface area contributed by atoms with Crippen molar-refractivity contribution in [1.29, 1.82) is 0 Å². The van der Waals surface area contributed by atoms with Crippen LogP contribution in [0.4, 0.5) is 20.4 Å². The first-order chi connectivity index (χ1) is 13.8. The Labute approximate surface area is 169 Å². The summed E-state index contributed by atoms with van der Waals surface area (Å²) in [4.78, 5) is 20.1. The summed E-state index contributed by atoms with van der Waals surface area (Å²) in [6.45, 7) is 5.75. The number of aromatic nitrogens is 6. The van der Waals surface area contributed by atoms with Gasteiger partial charge in [-0.3, -0.25) is 0 Å². The van der Waals surface area contributed by atoms with Gasteiger partial charge in [0.2, 0.25) is 0 Å². The Balaban J connectivity index is 1.81. The van der Waals surface area contributed by atoms with E-state index in [2.05, 4.69) is 30.2 Å². The molecular weight excluding hydrogens is 400 g/mol. The van der Waals surface area contributed by atoms with Crippen LogP contribution in [0.1, 0.15) is 25.7 Å². The van der Waals surface area contributed by atoms with Crippen LogP contribution in [0, 0.1) is 18.6 Å². The fourth-order valence-electron chi connectivity index (χ4n) is 3.21. The van der Waals surface area contributed by atoms with Crippen LogP contribution < -0.4 is 5.32 Å². The minimum atomic E-state index is -0.740. The van der Waals surface area contributed by atoms with Crippen LogP contribution in [-0.4, -0.2) is 29.5 Å². The highest BCUT2D eigenvalue weighted by molar-refractivity contribution is 6.29. The van der Waals surface area contributed by atoms with E-state index in [9.17, 15) is 4.39 Å². The summed E-state index contributed by atoms with van der Waals surface area (Å²) in [5.74, 6) is -0.460. The molecule has 0 bridgehead atoms. The molecule has 3 heterocycles. The molecule has 7 nitrogen and oxygen atoms in total. The zero-order chi connectivity index (χ0) is 20.7. The number of aryl methyl sites for hydroxylation is 1. The van der Waals surface area contributed by atoms with E-state index in [-0.39, 0.29) is 39.6 Å². The molecular formula is C19H16ClF2N7. The predicted molar refractivity (Wildman–Crippen MR) is 106 cm³/mol. The maximum absolute atomic E-state index is 15.1. The molecule has 4 rings (SSSR count). The number of rotatable bonds is 4. The lowest BCUT2D eigenvalue weighted by atomic mass is 10.1. The average Bonchev–Trinajstić information content (AvgIpc) is 3.02. The van der Waals surface area contributed by atoms with Crippen molar-refractivity contribution in [3.05, 3.63) is 53.5 Å². The van der Waals surface area contributed by atoms with Crippen molar-refractivity contribution >= 4 is 34.3 Å². The highest BCUT2D eigenvalue weighted by Gasteiger charge is 2.19. The van der Waals surface area contributed by atoms with Gasteiger partial charge in [0.15, 0.2) is 17.5 Å². The molecule has 148 valence electrons. The molecule has 0 saturated carbocycles. The zero-order valence-electron chi connectivity index (χ0n) is 15.8. The molecule has 1 N–H and O–H groups in total. The number of nitrogens with zero attached hydrogens (tertiary/aromatic N) is 6. The molecule has 0 amide bonds. The Bertz CT molecular complexity index is 1210. The van der Waals surface area contributed by atoms with E-state index >= 15 is 4.39 Å². The molecule has 10 heteroatoms. The van der Waals surface area contributed by atoms with Gasteiger partial charge in [0.25, 0.3) is 0 Å². The smallest absolute Gasteiger partial charge is 0.192 e. The van der Waals surface area contributed by atoms with E-state index in [1.807, 2.05) is 18.4 Å². The van der Waals surface area contributed by atoms with Gasteiger partial charge in [0.05, 0.1) is 17.9 Å². The monoisotopic (exact) mass is 415 g/mol. The van der Waals surface area contributed by atoms with Gasteiger partial charge in [0.1, 0.15) is 34.3 Å². The zero-order valence-corrected chi connectivity index (χ0v) is 16.5. The number of hydrogen-bond donors (Lipinski definition) is 1. The summed E-state index contributed by atoms with van der Waals surface area (Å²) in [6, 6.07) is 2.96. The third-order valence-electron chi connectivity index (χ3n) is 4.37. The third kappa shape index (κ3) is 3.49. The van der Waals surface area contributed by atoms with Gasteiger partial charge in [0, 0.05) is 11.6 Å². The minimum absolute atomic E-state index is 0.0422. The van der Waals surface area contributed by atoms with Crippen LogP contribution in [0.15, 0.2) is 30.9 Å². The fraction of sp³-hybridized carbons (Fsp3) is 0.211. The van der Waals surface area contributed by atoms with Crippen LogP contribution in [0.5, 0.6) is 0 Å². The first-order valence-electron chi connectivity index (χ1n) is 8.78. The second-order valence-electron chi connectivity index (χ2n) is 6.68. The molecule has 0 unspecified atom stereocenters. The van der Waals surface area contributed by atoms with Crippen molar-refractivity contribution in [2.45, 2.75) is 26.8 Å². The van der Waals surface area contributed by atoms with E-state index < -0.39 is 11.6 Å². The lowest BCUT2D eigenvalue weighted by Gasteiger charge is -2.12. The van der Waals surface area contributed by atoms with E-state index in [1.54, 1.807) is 13.0 Å². The van der Waals surface area contributed by atoms with Crippen LogP contribution in [0.25, 0.3) is 22.3 Å². The normalized spacial score (nSPS) is 11.4. The SMILES string of the molecule is Cc1nc2c(F)cc(-c3ncnc(Nc4cnc(Cl)cn4)c3F)cc2n1C(C)C. The highest BCUT2D eigenvalue weighted by Crippen LogP contribution is 2.31. The van der Waals surface area contributed by atoms with E-state index in [1.165, 1.54) is 24.8 Å². The van der Waals surface area contributed by atoms with E-state index in [4.69, 9.17) is 11.6 Å². The summed E-state index contributed by atoms with van der Waals surface area (Å²) in [7, 11) is 0. The number of nitrogens with one attached hydrogen (secondary N) is 1. The Kier molecular flexibility index (Phi) is 4.83. The quantitative estimate of drug-likeness (QED) is 0.513. The number of anilines is 2. The van der Waals surface area contributed by atoms with Crippen molar-refractivity contribution < 1.29 is 8.78 Å². The van der Waals surface area contributed by atoms with Crippen molar-refractivity contribution in [1.82, 2.24) is 29.5 Å². The van der Waals surface area contributed by atoms with Gasteiger partial charge in [-0.2, -0.15) is 0 Å². The van der Waals surface area contributed by atoms with Crippen LogP contribution in [0.2, 0.25) is 5.15 Å². The van der Waals surface area contributed by atoms with E-state index in [0.29, 0.717) is 11.3 Å².